The molecule has 1 atom stereocenters. The molecule has 1 amide bonds. The molecule has 0 spiro atoms. The predicted octanol–water partition coefficient (Wildman–Crippen LogP) is 4.01. The molecule has 1 aliphatic carbocycles. The number of ether oxygens (including phenoxy) is 1. The van der Waals surface area contributed by atoms with Gasteiger partial charge in [0.1, 0.15) is 16.9 Å². The number of amides is 1. The number of carbonyl (C=O) groups excluding carboxylic acids is 1. The minimum atomic E-state index is -0.635. The molecule has 2 aromatic rings. The van der Waals surface area contributed by atoms with Crippen molar-refractivity contribution >= 4 is 16.9 Å². The van der Waals surface area contributed by atoms with Crippen molar-refractivity contribution in [2.45, 2.75) is 70.6 Å². The Hall–Kier alpha value is -2.01. The first-order valence-electron chi connectivity index (χ1n) is 9.10. The van der Waals surface area contributed by atoms with Gasteiger partial charge in [-0.3, -0.25) is 4.79 Å². The first-order valence-corrected chi connectivity index (χ1v) is 9.10. The minimum Gasteiger partial charge on any atom is -0.487 e. The molecule has 25 heavy (non-hydrogen) atoms. The number of aryl methyl sites for hydroxylation is 1. The third-order valence-electron chi connectivity index (χ3n) is 5.40. The SMILES string of the molecule is Cc1c(C(=O)NC2CCCC2)oc2ccc3c(c12)C(O)CC(C)(C)O3. The Balaban J connectivity index is 1.75. The molecule has 2 N–H and O–H groups in total. The fourth-order valence-electron chi connectivity index (χ4n) is 4.22. The van der Waals surface area contributed by atoms with Gasteiger partial charge in [-0.1, -0.05) is 12.8 Å². The predicted molar refractivity (Wildman–Crippen MR) is 95.0 cm³/mol. The van der Waals surface area contributed by atoms with Crippen molar-refractivity contribution in [3.05, 3.63) is 29.0 Å². The Kier molecular flexibility index (Phi) is 3.80. The van der Waals surface area contributed by atoms with Gasteiger partial charge in [0.25, 0.3) is 5.91 Å². The zero-order valence-corrected chi connectivity index (χ0v) is 15.0. The molecular formula is C20H25NO4. The van der Waals surface area contributed by atoms with E-state index in [1.54, 1.807) is 0 Å². The first kappa shape index (κ1) is 16.5. The first-order chi connectivity index (χ1) is 11.9. The summed E-state index contributed by atoms with van der Waals surface area (Å²) in [6, 6.07) is 3.88. The van der Waals surface area contributed by atoms with Gasteiger partial charge >= 0.3 is 0 Å². The van der Waals surface area contributed by atoms with Crippen LogP contribution in [0.15, 0.2) is 16.5 Å². The van der Waals surface area contributed by atoms with E-state index in [0.717, 1.165) is 42.2 Å². The molecule has 1 fully saturated rings. The maximum Gasteiger partial charge on any atom is 0.287 e. The van der Waals surface area contributed by atoms with Gasteiger partial charge in [0, 0.05) is 29.0 Å². The molecule has 1 aromatic heterocycles. The molecule has 5 heteroatoms. The number of benzene rings is 1. The normalized spacial score (nSPS) is 22.6. The largest absolute Gasteiger partial charge is 0.487 e. The van der Waals surface area contributed by atoms with Gasteiger partial charge in [-0.25, -0.2) is 0 Å². The summed E-state index contributed by atoms with van der Waals surface area (Å²) in [5, 5.41) is 14.6. The van der Waals surface area contributed by atoms with Gasteiger partial charge in [-0.2, -0.15) is 0 Å². The average molecular weight is 343 g/mol. The minimum absolute atomic E-state index is 0.166. The lowest BCUT2D eigenvalue weighted by atomic mass is 9.89. The fraction of sp³-hybridized carbons (Fsp3) is 0.550. The van der Waals surface area contributed by atoms with Crippen LogP contribution >= 0.6 is 0 Å². The molecule has 1 aromatic carbocycles. The third kappa shape index (κ3) is 2.80. The van der Waals surface area contributed by atoms with E-state index in [4.69, 9.17) is 9.15 Å². The summed E-state index contributed by atoms with van der Waals surface area (Å²) >= 11 is 0. The summed E-state index contributed by atoms with van der Waals surface area (Å²) in [6.07, 6.45) is 4.26. The smallest absolute Gasteiger partial charge is 0.287 e. The van der Waals surface area contributed by atoms with Crippen LogP contribution in [0.3, 0.4) is 0 Å². The summed E-state index contributed by atoms with van der Waals surface area (Å²) in [5.74, 6) is 0.844. The van der Waals surface area contributed by atoms with Crippen LogP contribution in [0.5, 0.6) is 5.75 Å². The number of fused-ring (bicyclic) bond motifs is 3. The lowest BCUT2D eigenvalue weighted by Crippen LogP contribution is -2.34. The van der Waals surface area contributed by atoms with Crippen LogP contribution < -0.4 is 10.1 Å². The van der Waals surface area contributed by atoms with Gasteiger partial charge in [-0.05, 0) is 45.7 Å². The van der Waals surface area contributed by atoms with Crippen molar-refractivity contribution < 1.29 is 19.1 Å². The second kappa shape index (κ2) is 5.77. The maximum atomic E-state index is 12.6. The van der Waals surface area contributed by atoms with E-state index in [0.29, 0.717) is 23.5 Å². The summed E-state index contributed by atoms with van der Waals surface area (Å²) in [4.78, 5) is 12.6. The van der Waals surface area contributed by atoms with E-state index in [1.165, 1.54) is 0 Å². The van der Waals surface area contributed by atoms with Crippen molar-refractivity contribution in [2.24, 2.45) is 0 Å². The fourth-order valence-corrected chi connectivity index (χ4v) is 4.22. The van der Waals surface area contributed by atoms with Gasteiger partial charge in [0.15, 0.2) is 5.76 Å². The van der Waals surface area contributed by atoms with Crippen LogP contribution in [0.2, 0.25) is 0 Å². The highest BCUT2D eigenvalue weighted by molar-refractivity contribution is 6.00. The number of aliphatic hydroxyl groups is 1. The summed E-state index contributed by atoms with van der Waals surface area (Å²) in [5.41, 5.74) is 1.71. The Morgan fingerprint density at radius 3 is 2.72 bits per heavy atom. The molecule has 2 heterocycles. The van der Waals surface area contributed by atoms with Crippen molar-refractivity contribution in [1.29, 1.82) is 0 Å². The quantitative estimate of drug-likeness (QED) is 0.864. The zero-order chi connectivity index (χ0) is 17.8. The van der Waals surface area contributed by atoms with Crippen LogP contribution in [-0.2, 0) is 0 Å². The Bertz CT molecular complexity index is 830. The number of hydrogen-bond acceptors (Lipinski definition) is 4. The molecule has 0 bridgehead atoms. The number of rotatable bonds is 2. The van der Waals surface area contributed by atoms with Crippen LogP contribution in [-0.4, -0.2) is 22.7 Å². The molecule has 1 saturated carbocycles. The van der Waals surface area contributed by atoms with Crippen LogP contribution in [0.25, 0.3) is 11.0 Å². The highest BCUT2D eigenvalue weighted by atomic mass is 16.5. The Labute approximate surface area is 147 Å². The topological polar surface area (TPSA) is 71.7 Å². The van der Waals surface area contributed by atoms with E-state index in [1.807, 2.05) is 32.9 Å². The van der Waals surface area contributed by atoms with E-state index >= 15 is 0 Å². The monoisotopic (exact) mass is 343 g/mol. The molecule has 4 rings (SSSR count). The van der Waals surface area contributed by atoms with Crippen LogP contribution in [0.4, 0.5) is 0 Å². The van der Waals surface area contributed by atoms with Gasteiger partial charge in [-0.15, -0.1) is 0 Å². The lowest BCUT2D eigenvalue weighted by Gasteiger charge is -2.35. The van der Waals surface area contributed by atoms with Gasteiger partial charge in [0.05, 0.1) is 6.10 Å². The molecule has 2 aliphatic rings. The molecule has 1 unspecified atom stereocenters. The summed E-state index contributed by atoms with van der Waals surface area (Å²) in [7, 11) is 0. The number of furan rings is 1. The Morgan fingerprint density at radius 2 is 2.00 bits per heavy atom. The number of nitrogens with one attached hydrogen (secondary N) is 1. The molecule has 5 nitrogen and oxygen atoms in total. The van der Waals surface area contributed by atoms with Gasteiger partial charge < -0.3 is 19.6 Å². The molecule has 0 radical (unpaired) electrons. The van der Waals surface area contributed by atoms with Crippen LogP contribution in [0.1, 0.15) is 73.7 Å². The van der Waals surface area contributed by atoms with E-state index in [9.17, 15) is 9.90 Å². The highest BCUT2D eigenvalue weighted by Crippen LogP contribution is 2.45. The number of hydrogen-bond donors (Lipinski definition) is 2. The molecular weight excluding hydrogens is 318 g/mol. The van der Waals surface area contributed by atoms with E-state index in [2.05, 4.69) is 5.32 Å². The van der Waals surface area contributed by atoms with Crippen molar-refractivity contribution in [3.8, 4) is 5.75 Å². The van der Waals surface area contributed by atoms with Gasteiger partial charge in [0.2, 0.25) is 0 Å². The number of carbonyl (C=O) groups is 1. The summed E-state index contributed by atoms with van der Waals surface area (Å²) < 4.78 is 11.9. The second-order valence-electron chi connectivity index (χ2n) is 7.94. The molecule has 0 saturated heterocycles. The molecule has 1 aliphatic heterocycles. The lowest BCUT2D eigenvalue weighted by molar-refractivity contribution is 0.0126. The molecule has 134 valence electrons. The second-order valence-corrected chi connectivity index (χ2v) is 7.94. The van der Waals surface area contributed by atoms with E-state index < -0.39 is 11.7 Å². The third-order valence-corrected chi connectivity index (χ3v) is 5.40. The standard InChI is InChI=1S/C20H25NO4/c1-11-16-14(24-18(11)19(23)21-12-6-4-5-7-12)8-9-15-17(16)13(22)10-20(2,3)25-15/h8-9,12-13,22H,4-7,10H2,1-3H3,(H,21,23). The summed E-state index contributed by atoms with van der Waals surface area (Å²) in [6.45, 7) is 5.81. The van der Waals surface area contributed by atoms with Crippen molar-refractivity contribution in [3.63, 3.8) is 0 Å². The van der Waals surface area contributed by atoms with Crippen molar-refractivity contribution in [1.82, 2.24) is 5.32 Å². The van der Waals surface area contributed by atoms with Crippen LogP contribution in [0, 0.1) is 6.92 Å². The highest BCUT2D eigenvalue weighted by Gasteiger charge is 2.36. The number of aliphatic hydroxyl groups excluding tert-OH is 1. The average Bonchev–Trinajstić information content (AvgIpc) is 3.14. The van der Waals surface area contributed by atoms with E-state index in [-0.39, 0.29) is 11.9 Å². The Morgan fingerprint density at radius 1 is 1.28 bits per heavy atom. The maximum absolute atomic E-state index is 12.6. The van der Waals surface area contributed by atoms with Crippen molar-refractivity contribution in [2.75, 3.05) is 0 Å². The zero-order valence-electron chi connectivity index (χ0n) is 15.0.